The van der Waals surface area contributed by atoms with Crippen LogP contribution in [0.25, 0.3) is 0 Å². The molecule has 5 nitrogen and oxygen atoms in total. The van der Waals surface area contributed by atoms with Crippen molar-refractivity contribution in [1.82, 2.24) is 10.2 Å². The number of thioether (sulfide) groups is 1. The lowest BCUT2D eigenvalue weighted by atomic mass is 10.1. The number of carbonyl (C=O) groups is 2. The topological polar surface area (TPSA) is 58.6 Å². The van der Waals surface area contributed by atoms with Crippen LogP contribution in [0.3, 0.4) is 0 Å². The van der Waals surface area contributed by atoms with Crippen molar-refractivity contribution in [3.05, 3.63) is 64.7 Å². The third-order valence-electron chi connectivity index (χ3n) is 4.45. The van der Waals surface area contributed by atoms with Gasteiger partial charge in [-0.2, -0.15) is 0 Å². The number of methoxy groups -OCH3 is 1. The number of hydrogen-bond donors (Lipinski definition) is 1. The maximum absolute atomic E-state index is 13.0. The summed E-state index contributed by atoms with van der Waals surface area (Å²) in [6.07, 6.45) is 0. The largest absolute Gasteiger partial charge is 0.497 e. The highest BCUT2D eigenvalue weighted by Gasteiger charge is 2.25. The molecule has 0 heterocycles. The minimum Gasteiger partial charge on any atom is -0.497 e. The highest BCUT2D eigenvalue weighted by molar-refractivity contribution is 7.99. The van der Waals surface area contributed by atoms with Gasteiger partial charge in [-0.25, -0.2) is 0 Å². The van der Waals surface area contributed by atoms with E-state index in [4.69, 9.17) is 16.3 Å². The summed E-state index contributed by atoms with van der Waals surface area (Å²) in [5.74, 6) is 1.35. The van der Waals surface area contributed by atoms with E-state index in [-0.39, 0.29) is 17.6 Å². The molecule has 1 atom stereocenters. The molecule has 0 saturated carbocycles. The van der Waals surface area contributed by atoms with E-state index in [2.05, 4.69) is 5.32 Å². The van der Waals surface area contributed by atoms with Crippen LogP contribution in [0.2, 0.25) is 5.02 Å². The van der Waals surface area contributed by atoms with Gasteiger partial charge in [0.25, 0.3) is 0 Å². The Bertz CT molecular complexity index is 831. The van der Waals surface area contributed by atoms with Crippen LogP contribution in [0.5, 0.6) is 5.75 Å². The molecule has 1 N–H and O–H groups in total. The average molecular weight is 435 g/mol. The number of benzene rings is 2. The summed E-state index contributed by atoms with van der Waals surface area (Å²) in [6.45, 7) is 4.46. The van der Waals surface area contributed by atoms with Crippen LogP contribution in [0.15, 0.2) is 48.5 Å². The van der Waals surface area contributed by atoms with Crippen LogP contribution < -0.4 is 10.1 Å². The number of nitrogens with zero attached hydrogens (tertiary/aromatic N) is 1. The van der Waals surface area contributed by atoms with Crippen molar-refractivity contribution in [3.63, 3.8) is 0 Å². The molecule has 0 aliphatic carbocycles. The number of nitrogens with one attached hydrogen (secondary N) is 1. The molecule has 0 unspecified atom stereocenters. The lowest BCUT2D eigenvalue weighted by Gasteiger charge is -2.28. The van der Waals surface area contributed by atoms with Crippen molar-refractivity contribution in [3.8, 4) is 5.75 Å². The van der Waals surface area contributed by atoms with Gasteiger partial charge in [-0.05, 0) is 43.2 Å². The molecule has 156 valence electrons. The number of carbonyl (C=O) groups excluding carboxylic acids is 2. The predicted molar refractivity (Wildman–Crippen MR) is 119 cm³/mol. The molecule has 0 aliphatic rings. The Morgan fingerprint density at radius 2 is 1.97 bits per heavy atom. The van der Waals surface area contributed by atoms with E-state index >= 15 is 0 Å². The van der Waals surface area contributed by atoms with Gasteiger partial charge >= 0.3 is 0 Å². The maximum Gasteiger partial charge on any atom is 0.242 e. The van der Waals surface area contributed by atoms with Gasteiger partial charge in [0.1, 0.15) is 11.8 Å². The third kappa shape index (κ3) is 6.98. The van der Waals surface area contributed by atoms with E-state index in [0.717, 1.165) is 11.1 Å². The third-order valence-corrected chi connectivity index (χ3v) is 5.78. The summed E-state index contributed by atoms with van der Waals surface area (Å²) in [4.78, 5) is 27.0. The summed E-state index contributed by atoms with van der Waals surface area (Å²) in [7, 11) is 1.60. The van der Waals surface area contributed by atoms with Gasteiger partial charge in [0, 0.05) is 23.9 Å². The first-order valence-corrected chi connectivity index (χ1v) is 11.0. The predicted octanol–water partition coefficient (Wildman–Crippen LogP) is 4.14. The zero-order valence-electron chi connectivity index (χ0n) is 17.0. The highest BCUT2D eigenvalue weighted by Crippen LogP contribution is 2.22. The van der Waals surface area contributed by atoms with Gasteiger partial charge in [-0.1, -0.05) is 41.9 Å². The summed E-state index contributed by atoms with van der Waals surface area (Å²) in [5.41, 5.74) is 1.90. The monoisotopic (exact) mass is 434 g/mol. The second-order valence-electron chi connectivity index (χ2n) is 6.53. The van der Waals surface area contributed by atoms with Crippen LogP contribution in [0, 0.1) is 0 Å². The first-order chi connectivity index (χ1) is 14.0. The normalized spacial score (nSPS) is 11.6. The average Bonchev–Trinajstić information content (AvgIpc) is 2.73. The Morgan fingerprint density at radius 3 is 2.66 bits per heavy atom. The number of hydrogen-bond acceptors (Lipinski definition) is 4. The van der Waals surface area contributed by atoms with Crippen LogP contribution >= 0.6 is 23.4 Å². The van der Waals surface area contributed by atoms with E-state index in [0.29, 0.717) is 29.6 Å². The zero-order valence-corrected chi connectivity index (χ0v) is 18.6. The van der Waals surface area contributed by atoms with Crippen molar-refractivity contribution in [2.45, 2.75) is 32.2 Å². The first-order valence-electron chi connectivity index (χ1n) is 9.47. The molecule has 7 heteroatoms. The molecule has 2 rings (SSSR count). The standard InChI is InChI=1S/C22H27ClN2O3S/c1-4-24-22(27)16(2)25(13-17-8-7-10-19(12-17)28-3)21(26)15-29-14-18-9-5-6-11-20(18)23/h5-12,16H,4,13-15H2,1-3H3,(H,24,27)/t16-/m0/s1. The van der Waals surface area contributed by atoms with Gasteiger partial charge in [0.2, 0.25) is 11.8 Å². The lowest BCUT2D eigenvalue weighted by Crippen LogP contribution is -2.48. The smallest absolute Gasteiger partial charge is 0.242 e. The summed E-state index contributed by atoms with van der Waals surface area (Å²) in [6, 6.07) is 14.5. The van der Waals surface area contributed by atoms with Crippen LogP contribution in [0.1, 0.15) is 25.0 Å². The maximum atomic E-state index is 13.0. The first kappa shape index (κ1) is 23.1. The summed E-state index contributed by atoms with van der Waals surface area (Å²) < 4.78 is 5.27. The van der Waals surface area contributed by atoms with Crippen molar-refractivity contribution in [2.24, 2.45) is 0 Å². The SMILES string of the molecule is CCNC(=O)[C@H](C)N(Cc1cccc(OC)c1)C(=O)CSCc1ccccc1Cl. The van der Waals surface area contributed by atoms with Gasteiger partial charge in [-0.15, -0.1) is 11.8 Å². The van der Waals surface area contributed by atoms with E-state index < -0.39 is 6.04 Å². The minimum absolute atomic E-state index is 0.0939. The van der Waals surface area contributed by atoms with Crippen molar-refractivity contribution < 1.29 is 14.3 Å². The molecular weight excluding hydrogens is 408 g/mol. The van der Waals surface area contributed by atoms with Crippen molar-refractivity contribution in [2.75, 3.05) is 19.4 Å². The van der Waals surface area contributed by atoms with Gasteiger partial charge in [-0.3, -0.25) is 9.59 Å². The van der Waals surface area contributed by atoms with E-state index in [1.54, 1.807) is 18.9 Å². The second-order valence-corrected chi connectivity index (χ2v) is 7.92. The Balaban J connectivity index is 2.09. The van der Waals surface area contributed by atoms with E-state index in [1.807, 2.05) is 55.5 Å². The molecule has 0 saturated heterocycles. The molecule has 2 aromatic carbocycles. The fourth-order valence-corrected chi connectivity index (χ4v) is 4.01. The van der Waals surface area contributed by atoms with Crippen LogP contribution in [0.4, 0.5) is 0 Å². The molecule has 0 radical (unpaired) electrons. The fraction of sp³-hybridized carbons (Fsp3) is 0.364. The molecule has 0 aliphatic heterocycles. The van der Waals surface area contributed by atoms with Gasteiger partial charge in [0.05, 0.1) is 12.9 Å². The van der Waals surface area contributed by atoms with Gasteiger partial charge in [0.15, 0.2) is 0 Å². The van der Waals surface area contributed by atoms with E-state index in [1.165, 1.54) is 11.8 Å². The molecule has 2 amide bonds. The number of amides is 2. The Hall–Kier alpha value is -2.18. The van der Waals surface area contributed by atoms with Crippen molar-refractivity contribution in [1.29, 1.82) is 0 Å². The zero-order chi connectivity index (χ0) is 21.2. The molecule has 0 aromatic heterocycles. The number of rotatable bonds is 10. The Morgan fingerprint density at radius 1 is 1.21 bits per heavy atom. The molecule has 0 spiro atoms. The number of likely N-dealkylation sites (N-methyl/N-ethyl adjacent to an activating group) is 1. The summed E-state index contributed by atoms with van der Waals surface area (Å²) >= 11 is 7.68. The van der Waals surface area contributed by atoms with Crippen molar-refractivity contribution >= 4 is 35.2 Å². The number of halogens is 1. The molecule has 2 aromatic rings. The summed E-state index contributed by atoms with van der Waals surface area (Å²) in [5, 5.41) is 3.49. The van der Waals surface area contributed by atoms with E-state index in [9.17, 15) is 9.59 Å². The Kier molecular flexibility index (Phi) is 9.35. The fourth-order valence-electron chi connectivity index (χ4n) is 2.82. The highest BCUT2D eigenvalue weighted by atomic mass is 35.5. The molecule has 0 bridgehead atoms. The molecular formula is C22H27ClN2O3S. The molecule has 29 heavy (non-hydrogen) atoms. The minimum atomic E-state index is -0.574. The van der Waals surface area contributed by atoms with Gasteiger partial charge < -0.3 is 15.0 Å². The molecule has 0 fully saturated rings. The quantitative estimate of drug-likeness (QED) is 0.610. The van der Waals surface area contributed by atoms with Crippen LogP contribution in [-0.2, 0) is 21.9 Å². The lowest BCUT2D eigenvalue weighted by molar-refractivity contribution is -0.138. The second kappa shape index (κ2) is 11.7. The number of ether oxygens (including phenoxy) is 1. The Labute approximate surface area is 181 Å². The van der Waals surface area contributed by atoms with Crippen LogP contribution in [-0.4, -0.2) is 42.2 Å².